The lowest BCUT2D eigenvalue weighted by molar-refractivity contribution is 0.249. The van der Waals surface area contributed by atoms with Crippen molar-refractivity contribution in [1.82, 2.24) is 4.90 Å². The Bertz CT molecular complexity index is 649. The molecule has 128 valence electrons. The summed E-state index contributed by atoms with van der Waals surface area (Å²) in [6.45, 7) is 6.92. The Hall–Kier alpha value is -1.91. The van der Waals surface area contributed by atoms with Gasteiger partial charge in [0.15, 0.2) is 0 Å². The summed E-state index contributed by atoms with van der Waals surface area (Å²) in [5, 5.41) is 0. The molecule has 1 aliphatic rings. The zero-order valence-electron chi connectivity index (χ0n) is 14.3. The lowest BCUT2D eigenvalue weighted by Crippen LogP contribution is -2.46. The second kappa shape index (κ2) is 7.77. The zero-order chi connectivity index (χ0) is 16.9. The summed E-state index contributed by atoms with van der Waals surface area (Å²) in [5.74, 6) is -0.183. The minimum absolute atomic E-state index is 0.0323. The molecule has 3 nitrogen and oxygen atoms in total. The predicted octanol–water partition coefficient (Wildman–Crippen LogP) is 3.04. The summed E-state index contributed by atoms with van der Waals surface area (Å²) in [4.78, 5) is 4.83. The van der Waals surface area contributed by atoms with E-state index in [-0.39, 0.29) is 11.9 Å². The van der Waals surface area contributed by atoms with Crippen molar-refractivity contribution in [2.75, 3.05) is 31.1 Å². The molecule has 0 aliphatic carbocycles. The van der Waals surface area contributed by atoms with E-state index in [1.807, 2.05) is 13.0 Å². The van der Waals surface area contributed by atoms with Crippen LogP contribution in [0.4, 0.5) is 10.1 Å². The van der Waals surface area contributed by atoms with Crippen LogP contribution in [0.25, 0.3) is 0 Å². The van der Waals surface area contributed by atoms with Crippen LogP contribution in [-0.2, 0) is 13.0 Å². The number of rotatable bonds is 5. The molecule has 0 spiro atoms. The molecule has 4 heteroatoms. The van der Waals surface area contributed by atoms with Crippen molar-refractivity contribution < 1.29 is 4.39 Å². The molecule has 1 atom stereocenters. The molecular formula is C20H26FN3. The van der Waals surface area contributed by atoms with Gasteiger partial charge in [-0.1, -0.05) is 30.3 Å². The van der Waals surface area contributed by atoms with Gasteiger partial charge in [-0.05, 0) is 42.7 Å². The number of halogens is 1. The fourth-order valence-corrected chi connectivity index (χ4v) is 3.36. The summed E-state index contributed by atoms with van der Waals surface area (Å²) in [5.41, 5.74) is 9.43. The molecule has 3 rings (SSSR count). The molecule has 0 radical (unpaired) electrons. The average Bonchev–Trinajstić information content (AvgIpc) is 2.56. The van der Waals surface area contributed by atoms with Crippen LogP contribution in [0, 0.1) is 5.82 Å². The Morgan fingerprint density at radius 2 is 1.75 bits per heavy atom. The smallest absolute Gasteiger partial charge is 0.123 e. The molecule has 1 unspecified atom stereocenters. The average molecular weight is 327 g/mol. The first-order chi connectivity index (χ1) is 11.6. The van der Waals surface area contributed by atoms with Crippen molar-refractivity contribution in [3.8, 4) is 0 Å². The van der Waals surface area contributed by atoms with Gasteiger partial charge in [-0.3, -0.25) is 4.90 Å². The number of hydrogen-bond acceptors (Lipinski definition) is 3. The molecule has 1 aliphatic heterocycles. The third-order valence-electron chi connectivity index (χ3n) is 4.55. The van der Waals surface area contributed by atoms with Gasteiger partial charge >= 0.3 is 0 Å². The van der Waals surface area contributed by atoms with Gasteiger partial charge < -0.3 is 10.6 Å². The van der Waals surface area contributed by atoms with E-state index < -0.39 is 0 Å². The Labute approximate surface area is 143 Å². The number of anilines is 1. The van der Waals surface area contributed by atoms with Gasteiger partial charge in [-0.15, -0.1) is 0 Å². The fraction of sp³-hybridized carbons (Fsp3) is 0.400. The summed E-state index contributed by atoms with van der Waals surface area (Å²) in [7, 11) is 0. The molecule has 24 heavy (non-hydrogen) atoms. The van der Waals surface area contributed by atoms with Crippen LogP contribution in [0.15, 0.2) is 48.5 Å². The summed E-state index contributed by atoms with van der Waals surface area (Å²) in [6, 6.07) is 15.7. The van der Waals surface area contributed by atoms with Gasteiger partial charge in [-0.2, -0.15) is 0 Å². The largest absolute Gasteiger partial charge is 0.369 e. The second-order valence-electron chi connectivity index (χ2n) is 6.70. The maximum atomic E-state index is 13.6. The lowest BCUT2D eigenvalue weighted by Gasteiger charge is -2.37. The van der Waals surface area contributed by atoms with Crippen LogP contribution in [0.5, 0.6) is 0 Å². The summed E-state index contributed by atoms with van der Waals surface area (Å²) >= 11 is 0. The van der Waals surface area contributed by atoms with E-state index in [1.165, 1.54) is 5.56 Å². The zero-order valence-corrected chi connectivity index (χ0v) is 14.3. The van der Waals surface area contributed by atoms with Crippen LogP contribution in [-0.4, -0.2) is 37.1 Å². The van der Waals surface area contributed by atoms with Crippen molar-refractivity contribution in [1.29, 1.82) is 0 Å². The number of benzene rings is 2. The minimum atomic E-state index is -0.183. The van der Waals surface area contributed by atoms with Gasteiger partial charge in [0.05, 0.1) is 0 Å². The molecule has 1 saturated heterocycles. The SMILES string of the molecule is CC(N)Cc1cc(F)ccc1N1CCN(Cc2ccccc2)CC1. The third kappa shape index (κ3) is 4.34. The van der Waals surface area contributed by atoms with E-state index in [1.54, 1.807) is 12.1 Å². The molecule has 0 aromatic heterocycles. The highest BCUT2D eigenvalue weighted by atomic mass is 19.1. The second-order valence-corrected chi connectivity index (χ2v) is 6.70. The molecule has 2 aromatic rings. The first-order valence-corrected chi connectivity index (χ1v) is 8.67. The van der Waals surface area contributed by atoms with Crippen LogP contribution < -0.4 is 10.6 Å². The molecule has 1 fully saturated rings. The Morgan fingerprint density at radius 3 is 2.42 bits per heavy atom. The first kappa shape index (κ1) is 16.9. The molecular weight excluding hydrogens is 301 g/mol. The van der Waals surface area contributed by atoms with E-state index in [4.69, 9.17) is 5.73 Å². The van der Waals surface area contributed by atoms with Crippen molar-refractivity contribution in [3.05, 3.63) is 65.5 Å². The van der Waals surface area contributed by atoms with Gasteiger partial charge in [0.25, 0.3) is 0 Å². The van der Waals surface area contributed by atoms with Crippen LogP contribution >= 0.6 is 0 Å². The van der Waals surface area contributed by atoms with Crippen molar-refractivity contribution >= 4 is 5.69 Å². The standard InChI is InChI=1S/C20H26FN3/c1-16(22)13-18-14-19(21)7-8-20(18)24-11-9-23(10-12-24)15-17-5-3-2-4-6-17/h2-8,14,16H,9-13,15,22H2,1H3. The van der Waals surface area contributed by atoms with Crippen molar-refractivity contribution in [3.63, 3.8) is 0 Å². The van der Waals surface area contributed by atoms with Crippen molar-refractivity contribution in [2.24, 2.45) is 5.73 Å². The highest BCUT2D eigenvalue weighted by molar-refractivity contribution is 5.54. The fourth-order valence-electron chi connectivity index (χ4n) is 3.36. The van der Waals surface area contributed by atoms with Crippen LogP contribution in [0.1, 0.15) is 18.1 Å². The van der Waals surface area contributed by atoms with E-state index >= 15 is 0 Å². The number of piperazine rings is 1. The summed E-state index contributed by atoms with van der Waals surface area (Å²) in [6.07, 6.45) is 0.706. The quantitative estimate of drug-likeness (QED) is 0.916. The van der Waals surface area contributed by atoms with E-state index in [0.717, 1.165) is 44.0 Å². The molecule has 2 N–H and O–H groups in total. The highest BCUT2D eigenvalue weighted by Gasteiger charge is 2.20. The van der Waals surface area contributed by atoms with Gasteiger partial charge in [-0.25, -0.2) is 4.39 Å². The molecule has 1 heterocycles. The Kier molecular flexibility index (Phi) is 5.48. The van der Waals surface area contributed by atoms with E-state index in [2.05, 4.69) is 40.1 Å². The summed E-state index contributed by atoms with van der Waals surface area (Å²) < 4.78 is 13.6. The molecule has 2 aromatic carbocycles. The van der Waals surface area contributed by atoms with Gasteiger partial charge in [0, 0.05) is 44.5 Å². The van der Waals surface area contributed by atoms with Crippen molar-refractivity contribution in [2.45, 2.75) is 25.9 Å². The third-order valence-corrected chi connectivity index (χ3v) is 4.55. The Morgan fingerprint density at radius 1 is 1.04 bits per heavy atom. The topological polar surface area (TPSA) is 32.5 Å². The molecule has 0 saturated carbocycles. The first-order valence-electron chi connectivity index (χ1n) is 8.67. The minimum Gasteiger partial charge on any atom is -0.369 e. The van der Waals surface area contributed by atoms with E-state index in [9.17, 15) is 4.39 Å². The van der Waals surface area contributed by atoms with E-state index in [0.29, 0.717) is 6.42 Å². The highest BCUT2D eigenvalue weighted by Crippen LogP contribution is 2.24. The van der Waals surface area contributed by atoms with Gasteiger partial charge in [0.2, 0.25) is 0 Å². The monoisotopic (exact) mass is 327 g/mol. The number of nitrogens with two attached hydrogens (primary N) is 1. The predicted molar refractivity (Wildman–Crippen MR) is 97.7 cm³/mol. The maximum Gasteiger partial charge on any atom is 0.123 e. The maximum absolute atomic E-state index is 13.6. The Balaban J connectivity index is 1.64. The van der Waals surface area contributed by atoms with Gasteiger partial charge in [0.1, 0.15) is 5.82 Å². The number of nitrogens with zero attached hydrogens (tertiary/aromatic N) is 2. The number of hydrogen-bond donors (Lipinski definition) is 1. The lowest BCUT2D eigenvalue weighted by atomic mass is 10.0. The van der Waals surface area contributed by atoms with Crippen LogP contribution in [0.2, 0.25) is 0 Å². The molecule has 0 amide bonds. The van der Waals surface area contributed by atoms with Crippen LogP contribution in [0.3, 0.4) is 0 Å². The molecule has 0 bridgehead atoms. The normalized spacial score (nSPS) is 17.0.